The summed E-state index contributed by atoms with van der Waals surface area (Å²) in [6.07, 6.45) is 19.2. The first-order chi connectivity index (χ1) is 21.9. The second-order valence-electron chi connectivity index (χ2n) is 12.4. The van der Waals surface area contributed by atoms with Crippen molar-refractivity contribution in [3.8, 4) is 0 Å². The molecule has 1 nitrogen and oxygen atoms in total. The van der Waals surface area contributed by atoms with Gasteiger partial charge >= 0.3 is 0 Å². The predicted molar refractivity (Wildman–Crippen MR) is 200 cm³/mol. The molecule has 0 aliphatic heterocycles. The lowest BCUT2D eigenvalue weighted by molar-refractivity contribution is -0.107. The smallest absolute Gasteiger partial charge is 0.119 e. The van der Waals surface area contributed by atoms with Gasteiger partial charge in [-0.05, 0) is 73.0 Å². The average Bonchev–Trinajstić information content (AvgIpc) is 3.09. The minimum atomic E-state index is 0.157. The van der Waals surface area contributed by atoms with Crippen molar-refractivity contribution in [2.75, 3.05) is 0 Å². The summed E-state index contributed by atoms with van der Waals surface area (Å²) < 4.78 is 0. The Balaban J connectivity index is 0.000000427. The Morgan fingerprint density at radius 1 is 0.800 bits per heavy atom. The molecule has 0 spiro atoms. The Bertz CT molecular complexity index is 1150. The molecule has 3 rings (SSSR count). The van der Waals surface area contributed by atoms with Crippen LogP contribution >= 0.6 is 0 Å². The zero-order valence-corrected chi connectivity index (χ0v) is 29.6. The monoisotopic (exact) mass is 608 g/mol. The maximum atomic E-state index is 10.4. The fourth-order valence-electron chi connectivity index (χ4n) is 6.08. The highest BCUT2D eigenvalue weighted by Crippen LogP contribution is 2.35. The normalized spacial score (nSPS) is 13.4. The molecule has 0 radical (unpaired) electrons. The zero-order valence-electron chi connectivity index (χ0n) is 29.6. The van der Waals surface area contributed by atoms with Crippen LogP contribution in [0.1, 0.15) is 135 Å². The van der Waals surface area contributed by atoms with E-state index in [0.717, 1.165) is 38.4 Å². The quantitative estimate of drug-likeness (QED) is 0.0751. The number of allylic oxidation sites excluding steroid dienone is 3. The molecule has 0 saturated carbocycles. The van der Waals surface area contributed by atoms with Gasteiger partial charge in [0.25, 0.3) is 0 Å². The van der Waals surface area contributed by atoms with Crippen molar-refractivity contribution in [2.45, 2.75) is 130 Å². The summed E-state index contributed by atoms with van der Waals surface area (Å²) in [5, 5.41) is 0. The third-order valence-corrected chi connectivity index (χ3v) is 8.92. The number of carbonyl (C=O) groups excluding carboxylic acids is 1. The summed E-state index contributed by atoms with van der Waals surface area (Å²) in [6.45, 7) is 17.4. The summed E-state index contributed by atoms with van der Waals surface area (Å²) in [5.41, 5.74) is 5.79. The van der Waals surface area contributed by atoms with E-state index in [1.54, 1.807) is 0 Å². The van der Waals surface area contributed by atoms with Gasteiger partial charge in [-0.15, -0.1) is 0 Å². The largest absolute Gasteiger partial charge is 0.303 e. The molecule has 246 valence electrons. The van der Waals surface area contributed by atoms with E-state index in [-0.39, 0.29) is 5.41 Å². The number of unbranched alkanes of at least 4 members (excludes halogenated alkanes) is 6. The molecule has 3 aromatic rings. The van der Waals surface area contributed by atoms with E-state index in [0.29, 0.717) is 18.3 Å². The summed E-state index contributed by atoms with van der Waals surface area (Å²) in [4.78, 5) is 10.4. The summed E-state index contributed by atoms with van der Waals surface area (Å²) in [5.74, 6) is 1.16. The van der Waals surface area contributed by atoms with Gasteiger partial charge in [-0.3, -0.25) is 0 Å². The molecule has 0 N–H and O–H groups in total. The van der Waals surface area contributed by atoms with E-state index in [1.807, 2.05) is 13.8 Å². The lowest BCUT2D eigenvalue weighted by Crippen LogP contribution is -2.25. The SMILES string of the molecule is C=C(C/C=C\C)C(C)C(CCCCCC)c1ccccc1.CC.CC(CCCCCC=O)(Cc1ccccc1)c1ccccc1. The fourth-order valence-corrected chi connectivity index (χ4v) is 6.08. The highest BCUT2D eigenvalue weighted by atomic mass is 16.1. The van der Waals surface area contributed by atoms with E-state index >= 15 is 0 Å². The Hall–Kier alpha value is -3.19. The van der Waals surface area contributed by atoms with Crippen LogP contribution in [0, 0.1) is 5.92 Å². The first-order valence-corrected chi connectivity index (χ1v) is 17.8. The highest BCUT2D eigenvalue weighted by Gasteiger charge is 2.26. The Labute approximate surface area is 278 Å². The molecule has 3 atom stereocenters. The lowest BCUT2D eigenvalue weighted by Gasteiger charge is -2.31. The molecular formula is C44H64O. The molecule has 0 aliphatic rings. The van der Waals surface area contributed by atoms with E-state index in [1.165, 1.54) is 60.8 Å². The van der Waals surface area contributed by atoms with Gasteiger partial charge in [0.05, 0.1) is 0 Å². The van der Waals surface area contributed by atoms with Crippen molar-refractivity contribution in [3.63, 3.8) is 0 Å². The van der Waals surface area contributed by atoms with Crippen LogP contribution in [0.2, 0.25) is 0 Å². The van der Waals surface area contributed by atoms with Crippen LogP contribution in [0.25, 0.3) is 0 Å². The molecule has 0 heterocycles. The molecule has 3 aromatic carbocycles. The molecule has 0 aromatic heterocycles. The number of hydrogen-bond acceptors (Lipinski definition) is 1. The van der Waals surface area contributed by atoms with Crippen LogP contribution in [0.5, 0.6) is 0 Å². The van der Waals surface area contributed by atoms with E-state index in [2.05, 4.69) is 137 Å². The second-order valence-corrected chi connectivity index (χ2v) is 12.4. The Morgan fingerprint density at radius 3 is 1.96 bits per heavy atom. The molecule has 3 unspecified atom stereocenters. The van der Waals surface area contributed by atoms with Gasteiger partial charge in [-0.25, -0.2) is 0 Å². The van der Waals surface area contributed by atoms with E-state index in [9.17, 15) is 4.79 Å². The summed E-state index contributed by atoms with van der Waals surface area (Å²) in [6, 6.07) is 32.6. The van der Waals surface area contributed by atoms with Gasteiger partial charge < -0.3 is 4.79 Å². The van der Waals surface area contributed by atoms with Crippen LogP contribution in [0.15, 0.2) is 115 Å². The van der Waals surface area contributed by atoms with Crippen LogP contribution in [-0.4, -0.2) is 6.29 Å². The van der Waals surface area contributed by atoms with Crippen LogP contribution in [-0.2, 0) is 16.6 Å². The zero-order chi connectivity index (χ0) is 33.2. The molecule has 0 saturated heterocycles. The molecule has 0 fully saturated rings. The van der Waals surface area contributed by atoms with Crippen LogP contribution in [0.4, 0.5) is 0 Å². The molecule has 0 aliphatic carbocycles. The van der Waals surface area contributed by atoms with Gasteiger partial charge in [-0.2, -0.15) is 0 Å². The van der Waals surface area contributed by atoms with Gasteiger partial charge in [0, 0.05) is 6.42 Å². The average molecular weight is 609 g/mol. The van der Waals surface area contributed by atoms with Crippen molar-refractivity contribution < 1.29 is 4.79 Å². The van der Waals surface area contributed by atoms with Crippen molar-refractivity contribution in [1.82, 2.24) is 0 Å². The molecular weight excluding hydrogens is 544 g/mol. The predicted octanol–water partition coefficient (Wildman–Crippen LogP) is 13.3. The van der Waals surface area contributed by atoms with Gasteiger partial charge in [0.2, 0.25) is 0 Å². The molecule has 0 bridgehead atoms. The molecule has 45 heavy (non-hydrogen) atoms. The first-order valence-electron chi connectivity index (χ1n) is 17.8. The maximum Gasteiger partial charge on any atom is 0.119 e. The Morgan fingerprint density at radius 2 is 1.38 bits per heavy atom. The van der Waals surface area contributed by atoms with E-state index in [4.69, 9.17) is 0 Å². The summed E-state index contributed by atoms with van der Waals surface area (Å²) >= 11 is 0. The minimum Gasteiger partial charge on any atom is -0.303 e. The van der Waals surface area contributed by atoms with Crippen molar-refractivity contribution >= 4 is 6.29 Å². The van der Waals surface area contributed by atoms with Gasteiger partial charge in [-0.1, -0.05) is 188 Å². The number of carbonyl (C=O) groups is 1. The van der Waals surface area contributed by atoms with Crippen LogP contribution in [0.3, 0.4) is 0 Å². The van der Waals surface area contributed by atoms with Gasteiger partial charge in [0.1, 0.15) is 6.29 Å². The fraction of sp³-hybridized carbons (Fsp3) is 0.477. The topological polar surface area (TPSA) is 17.1 Å². The van der Waals surface area contributed by atoms with Crippen LogP contribution < -0.4 is 0 Å². The third-order valence-electron chi connectivity index (χ3n) is 8.92. The first kappa shape index (κ1) is 39.8. The minimum absolute atomic E-state index is 0.157. The number of benzene rings is 3. The number of aldehydes is 1. The lowest BCUT2D eigenvalue weighted by atomic mass is 9.73. The third kappa shape index (κ3) is 16.1. The second kappa shape index (κ2) is 25.1. The van der Waals surface area contributed by atoms with Crippen molar-refractivity contribution in [2.24, 2.45) is 5.92 Å². The van der Waals surface area contributed by atoms with Gasteiger partial charge in [0.15, 0.2) is 0 Å². The molecule has 1 heteroatoms. The summed E-state index contributed by atoms with van der Waals surface area (Å²) in [7, 11) is 0. The highest BCUT2D eigenvalue weighted by molar-refractivity contribution is 5.48. The maximum absolute atomic E-state index is 10.4. The van der Waals surface area contributed by atoms with Crippen molar-refractivity contribution in [1.29, 1.82) is 0 Å². The molecule has 0 amide bonds. The number of rotatable bonds is 19. The number of hydrogen-bond donors (Lipinski definition) is 0. The van der Waals surface area contributed by atoms with Crippen molar-refractivity contribution in [3.05, 3.63) is 132 Å². The standard InChI is InChI=1S/C21H26O.C21H32.C2H6/c1-21(16-10-2-3-11-17-22,20-14-8-5-9-15-20)18-19-12-6-4-7-13-19;1-5-7-9-13-17-21(20-15-11-10-12-16-20)19(4)18(3)14-8-6-2;1-2/h4-9,12-15,17H,2-3,10-11,16,18H2,1H3;6,8,10-12,15-16,19,21H,3,5,7,9,13-14,17H2,1-2,4H3;1-2H3/b;8-6-;. The van der Waals surface area contributed by atoms with E-state index < -0.39 is 0 Å². The Kier molecular flexibility index (Phi) is 22.2.